The van der Waals surface area contributed by atoms with Gasteiger partial charge in [0.1, 0.15) is 17.1 Å². The molecule has 3 aromatic rings. The number of hydrogen-bond acceptors (Lipinski definition) is 4. The van der Waals surface area contributed by atoms with Crippen LogP contribution in [0, 0.1) is 0 Å². The highest BCUT2D eigenvalue weighted by Gasteiger charge is 2.34. The van der Waals surface area contributed by atoms with Crippen molar-refractivity contribution in [1.29, 1.82) is 0 Å². The lowest BCUT2D eigenvalue weighted by molar-refractivity contribution is -0.116. The van der Waals surface area contributed by atoms with E-state index in [9.17, 15) is 19.8 Å². The molecule has 0 saturated carbocycles. The van der Waals surface area contributed by atoms with Crippen LogP contribution in [0.25, 0.3) is 5.69 Å². The lowest BCUT2D eigenvalue weighted by Crippen LogP contribution is -2.25. The van der Waals surface area contributed by atoms with Crippen molar-refractivity contribution in [3.05, 3.63) is 71.5 Å². The Morgan fingerprint density at radius 2 is 1.96 bits per heavy atom. The fourth-order valence-electron chi connectivity index (χ4n) is 3.60. The fraction of sp³-hybridized carbons (Fsp3) is 0.143. The highest BCUT2D eigenvalue weighted by atomic mass is 16.5. The lowest BCUT2D eigenvalue weighted by Gasteiger charge is -2.26. The van der Waals surface area contributed by atoms with Gasteiger partial charge in [-0.25, -0.2) is 4.79 Å². The third kappa shape index (κ3) is 2.96. The van der Waals surface area contributed by atoms with Crippen LogP contribution in [0.15, 0.2) is 54.7 Å². The quantitative estimate of drug-likeness (QED) is 0.646. The second-order valence-corrected chi connectivity index (χ2v) is 6.58. The summed E-state index contributed by atoms with van der Waals surface area (Å²) in [4.78, 5) is 24.1. The summed E-state index contributed by atoms with van der Waals surface area (Å²) in [6, 6.07) is 13.9. The topological polar surface area (TPSA) is 101 Å². The van der Waals surface area contributed by atoms with E-state index in [1.807, 2.05) is 18.2 Å². The maximum atomic E-state index is 12.3. The van der Waals surface area contributed by atoms with Gasteiger partial charge in [-0.2, -0.15) is 0 Å². The third-order valence-corrected chi connectivity index (χ3v) is 4.88. The number of rotatable bonds is 4. The van der Waals surface area contributed by atoms with E-state index in [-0.39, 0.29) is 29.3 Å². The summed E-state index contributed by atoms with van der Waals surface area (Å²) >= 11 is 0. The van der Waals surface area contributed by atoms with Crippen LogP contribution < -0.4 is 10.1 Å². The summed E-state index contributed by atoms with van der Waals surface area (Å²) < 4.78 is 6.96. The zero-order valence-electron chi connectivity index (χ0n) is 15.0. The van der Waals surface area contributed by atoms with Crippen molar-refractivity contribution in [3.63, 3.8) is 0 Å². The number of carbonyl (C=O) groups is 2. The zero-order chi connectivity index (χ0) is 19.8. The Kier molecular flexibility index (Phi) is 4.27. The number of anilines is 1. The van der Waals surface area contributed by atoms with Crippen LogP contribution in [-0.4, -0.2) is 33.8 Å². The second kappa shape index (κ2) is 6.77. The molecular weight excluding hydrogens is 360 g/mol. The van der Waals surface area contributed by atoms with Gasteiger partial charge in [-0.1, -0.05) is 12.1 Å². The molecule has 1 unspecified atom stereocenters. The Morgan fingerprint density at radius 1 is 1.21 bits per heavy atom. The van der Waals surface area contributed by atoms with Crippen molar-refractivity contribution in [2.45, 2.75) is 12.3 Å². The fourth-order valence-corrected chi connectivity index (χ4v) is 3.60. The molecule has 1 atom stereocenters. The van der Waals surface area contributed by atoms with E-state index in [1.54, 1.807) is 42.0 Å². The van der Waals surface area contributed by atoms with E-state index < -0.39 is 11.9 Å². The number of fused-ring (bicyclic) bond motifs is 1. The molecule has 0 saturated heterocycles. The predicted molar refractivity (Wildman–Crippen MR) is 102 cm³/mol. The van der Waals surface area contributed by atoms with Crippen LogP contribution in [0.5, 0.6) is 11.5 Å². The Balaban J connectivity index is 1.94. The number of ether oxygens (including phenoxy) is 1. The largest absolute Gasteiger partial charge is 0.508 e. The van der Waals surface area contributed by atoms with Crippen LogP contribution in [0.4, 0.5) is 5.69 Å². The number of nitrogens with zero attached hydrogens (tertiary/aromatic N) is 1. The SMILES string of the molecule is COc1ccc(-n2cc(C(=O)O)c3c2C(c2cccc(O)c2)CC(=O)N3)cc1. The number of nitrogens with one attached hydrogen (secondary N) is 1. The van der Waals surface area contributed by atoms with E-state index in [4.69, 9.17) is 4.74 Å². The van der Waals surface area contributed by atoms with Crippen LogP contribution in [0.1, 0.15) is 34.0 Å². The minimum Gasteiger partial charge on any atom is -0.508 e. The van der Waals surface area contributed by atoms with Gasteiger partial charge in [0.15, 0.2) is 0 Å². The number of hydrogen-bond donors (Lipinski definition) is 3. The number of methoxy groups -OCH3 is 1. The normalized spacial score (nSPS) is 15.6. The Labute approximate surface area is 160 Å². The number of aromatic carboxylic acids is 1. The highest BCUT2D eigenvalue weighted by Crippen LogP contribution is 2.42. The van der Waals surface area contributed by atoms with Crippen molar-refractivity contribution in [2.24, 2.45) is 0 Å². The van der Waals surface area contributed by atoms with Crippen molar-refractivity contribution < 1.29 is 24.5 Å². The van der Waals surface area contributed by atoms with Gasteiger partial charge in [-0.05, 0) is 42.0 Å². The molecule has 0 bridgehead atoms. The van der Waals surface area contributed by atoms with Gasteiger partial charge in [0.2, 0.25) is 5.91 Å². The first-order chi connectivity index (χ1) is 13.5. The molecule has 3 N–H and O–H groups in total. The highest BCUT2D eigenvalue weighted by molar-refractivity contribution is 6.04. The first-order valence-electron chi connectivity index (χ1n) is 8.69. The van der Waals surface area contributed by atoms with Gasteiger partial charge in [-0.3, -0.25) is 4.79 Å². The molecule has 2 aromatic carbocycles. The first kappa shape index (κ1) is 17.7. The standard InChI is InChI=1S/C21H18N2O5/c1-28-15-7-5-13(6-8-15)23-11-17(21(26)27)19-20(23)16(10-18(25)22-19)12-3-2-4-14(24)9-12/h2-9,11,16,24H,10H2,1H3,(H,22,25)(H,26,27). The number of aromatic nitrogens is 1. The minimum absolute atomic E-state index is 0.0176. The van der Waals surface area contributed by atoms with Crippen LogP contribution in [0.2, 0.25) is 0 Å². The monoisotopic (exact) mass is 378 g/mol. The summed E-state index contributed by atoms with van der Waals surface area (Å²) in [5, 5.41) is 22.2. The predicted octanol–water partition coefficient (Wildman–Crippen LogP) is 3.36. The molecule has 0 fully saturated rings. The van der Waals surface area contributed by atoms with Crippen molar-refractivity contribution >= 4 is 17.6 Å². The first-order valence-corrected chi connectivity index (χ1v) is 8.69. The number of phenolic OH excluding ortho intramolecular Hbond substituents is 1. The second-order valence-electron chi connectivity index (χ2n) is 6.58. The van der Waals surface area contributed by atoms with E-state index in [2.05, 4.69) is 5.32 Å². The van der Waals surface area contributed by atoms with Gasteiger partial charge in [0, 0.05) is 24.2 Å². The van der Waals surface area contributed by atoms with Crippen LogP contribution in [0.3, 0.4) is 0 Å². The van der Waals surface area contributed by atoms with Crippen molar-refractivity contribution in [1.82, 2.24) is 4.57 Å². The summed E-state index contributed by atoms with van der Waals surface area (Å²) in [5.41, 5.74) is 2.44. The molecule has 28 heavy (non-hydrogen) atoms. The number of amides is 1. The average Bonchev–Trinajstić information content (AvgIpc) is 3.07. The molecule has 0 radical (unpaired) electrons. The molecule has 2 heterocycles. The Hall–Kier alpha value is -3.74. The van der Waals surface area contributed by atoms with E-state index in [0.717, 1.165) is 11.3 Å². The molecule has 1 amide bonds. The minimum atomic E-state index is -1.12. The number of benzene rings is 2. The number of carbonyl (C=O) groups excluding carboxylic acids is 1. The zero-order valence-corrected chi connectivity index (χ0v) is 15.0. The summed E-state index contributed by atoms with van der Waals surface area (Å²) in [6.07, 6.45) is 1.66. The van der Waals surface area contributed by atoms with Gasteiger partial charge in [0.25, 0.3) is 0 Å². The van der Waals surface area contributed by atoms with E-state index >= 15 is 0 Å². The van der Waals surface area contributed by atoms with Gasteiger partial charge in [-0.15, -0.1) is 0 Å². The van der Waals surface area contributed by atoms with E-state index in [0.29, 0.717) is 11.4 Å². The van der Waals surface area contributed by atoms with E-state index in [1.165, 1.54) is 6.20 Å². The molecule has 1 aliphatic heterocycles. The lowest BCUT2D eigenvalue weighted by atomic mass is 9.88. The number of phenols is 1. The van der Waals surface area contributed by atoms with Gasteiger partial charge in [0.05, 0.1) is 18.5 Å². The van der Waals surface area contributed by atoms with Gasteiger partial charge < -0.3 is 24.8 Å². The Bertz CT molecular complexity index is 1070. The number of carboxylic acids is 1. The maximum Gasteiger partial charge on any atom is 0.339 e. The average molecular weight is 378 g/mol. The molecule has 0 aliphatic carbocycles. The molecule has 0 spiro atoms. The molecular formula is C21H18N2O5. The van der Waals surface area contributed by atoms with Crippen LogP contribution >= 0.6 is 0 Å². The summed E-state index contributed by atoms with van der Waals surface area (Å²) in [6.45, 7) is 0. The molecule has 4 rings (SSSR count). The molecule has 7 heteroatoms. The van der Waals surface area contributed by atoms with Crippen molar-refractivity contribution in [2.75, 3.05) is 12.4 Å². The number of aromatic hydroxyl groups is 1. The third-order valence-electron chi connectivity index (χ3n) is 4.88. The summed E-state index contributed by atoms with van der Waals surface area (Å²) in [7, 11) is 1.57. The number of carboxylic acid groups (broad SMARTS) is 1. The van der Waals surface area contributed by atoms with Gasteiger partial charge >= 0.3 is 5.97 Å². The smallest absolute Gasteiger partial charge is 0.339 e. The molecule has 1 aromatic heterocycles. The maximum absolute atomic E-state index is 12.3. The molecule has 7 nitrogen and oxygen atoms in total. The van der Waals surface area contributed by atoms with Crippen LogP contribution in [-0.2, 0) is 4.79 Å². The molecule has 142 valence electrons. The van der Waals surface area contributed by atoms with Crippen molar-refractivity contribution in [3.8, 4) is 17.2 Å². The Morgan fingerprint density at radius 3 is 2.61 bits per heavy atom. The molecule has 1 aliphatic rings. The summed E-state index contributed by atoms with van der Waals surface area (Å²) in [5.74, 6) is -1.02.